The summed E-state index contributed by atoms with van der Waals surface area (Å²) in [7, 11) is 0. The Morgan fingerprint density at radius 2 is 1.95 bits per heavy atom. The molecule has 2 heterocycles. The van der Waals surface area contributed by atoms with E-state index in [0.717, 1.165) is 30.3 Å². The Morgan fingerprint density at radius 3 is 2.58 bits per heavy atom. The van der Waals surface area contributed by atoms with Gasteiger partial charge in [-0.3, -0.25) is 0 Å². The largest absolute Gasteiger partial charge is 0.383 e. The summed E-state index contributed by atoms with van der Waals surface area (Å²) < 4.78 is 0. The van der Waals surface area contributed by atoms with E-state index in [0.29, 0.717) is 11.7 Å². The molecule has 1 aliphatic heterocycles. The van der Waals surface area contributed by atoms with Crippen molar-refractivity contribution in [1.82, 2.24) is 14.9 Å². The van der Waals surface area contributed by atoms with E-state index in [2.05, 4.69) is 34.0 Å². The molecular weight excluding hydrogens is 238 g/mol. The third kappa shape index (κ3) is 3.56. The van der Waals surface area contributed by atoms with Crippen LogP contribution < -0.4 is 11.1 Å². The normalized spacial score (nSPS) is 16.2. The van der Waals surface area contributed by atoms with Gasteiger partial charge in [0.15, 0.2) is 0 Å². The highest BCUT2D eigenvalue weighted by Gasteiger charge is 2.13. The Kier molecular flexibility index (Phi) is 4.58. The van der Waals surface area contributed by atoms with Gasteiger partial charge in [-0.2, -0.15) is 0 Å². The first-order valence-corrected chi connectivity index (χ1v) is 7.18. The molecule has 1 aliphatic rings. The Morgan fingerprint density at radius 1 is 1.26 bits per heavy atom. The van der Waals surface area contributed by atoms with Crippen LogP contribution in [-0.2, 0) is 0 Å². The molecule has 0 saturated carbocycles. The molecular formula is C14H25N5. The number of nitrogens with one attached hydrogen (secondary N) is 1. The average molecular weight is 263 g/mol. The van der Waals surface area contributed by atoms with Crippen LogP contribution in [0.1, 0.15) is 44.0 Å². The molecule has 19 heavy (non-hydrogen) atoms. The van der Waals surface area contributed by atoms with E-state index in [1.54, 1.807) is 0 Å². The van der Waals surface area contributed by atoms with Gasteiger partial charge in [0.1, 0.15) is 17.5 Å². The van der Waals surface area contributed by atoms with Gasteiger partial charge in [-0.15, -0.1) is 0 Å². The highest BCUT2D eigenvalue weighted by Crippen LogP contribution is 2.20. The van der Waals surface area contributed by atoms with Crippen molar-refractivity contribution < 1.29 is 0 Å². The maximum atomic E-state index is 5.95. The number of nitrogens with two attached hydrogens (primary N) is 1. The predicted molar refractivity (Wildman–Crippen MR) is 79.4 cm³/mol. The third-order valence-electron chi connectivity index (χ3n) is 3.64. The first kappa shape index (κ1) is 14.1. The first-order chi connectivity index (χ1) is 9.08. The van der Waals surface area contributed by atoms with Crippen LogP contribution in [0.15, 0.2) is 0 Å². The summed E-state index contributed by atoms with van der Waals surface area (Å²) in [6.45, 7) is 10.6. The molecule has 2 rings (SSSR count). The molecule has 0 unspecified atom stereocenters. The van der Waals surface area contributed by atoms with Crippen molar-refractivity contribution in [2.45, 2.75) is 39.5 Å². The second kappa shape index (κ2) is 6.19. The second-order valence-electron chi connectivity index (χ2n) is 5.57. The minimum Gasteiger partial charge on any atom is -0.383 e. The molecule has 3 N–H and O–H groups in total. The first-order valence-electron chi connectivity index (χ1n) is 7.18. The van der Waals surface area contributed by atoms with Crippen molar-refractivity contribution in [2.75, 3.05) is 37.2 Å². The Labute approximate surface area is 115 Å². The summed E-state index contributed by atoms with van der Waals surface area (Å²) in [5.41, 5.74) is 6.90. The molecule has 0 radical (unpaired) electrons. The molecule has 1 saturated heterocycles. The fourth-order valence-electron chi connectivity index (χ4n) is 2.32. The number of likely N-dealkylation sites (tertiary alicyclic amines) is 1. The number of anilines is 2. The Balaban J connectivity index is 1.98. The average Bonchev–Trinajstić information content (AvgIpc) is 2.87. The summed E-state index contributed by atoms with van der Waals surface area (Å²) in [5, 5.41) is 3.40. The SMILES string of the molecule is Cc1c(N)nc(C(C)C)nc1NCCN1CCCC1. The van der Waals surface area contributed by atoms with Crippen molar-refractivity contribution >= 4 is 11.6 Å². The molecule has 5 heteroatoms. The van der Waals surface area contributed by atoms with Gasteiger partial charge in [0, 0.05) is 24.6 Å². The molecule has 1 aromatic rings. The van der Waals surface area contributed by atoms with Crippen molar-refractivity contribution in [3.63, 3.8) is 0 Å². The van der Waals surface area contributed by atoms with Crippen LogP contribution in [0.2, 0.25) is 0 Å². The number of rotatable bonds is 5. The number of hydrogen-bond donors (Lipinski definition) is 2. The molecule has 0 amide bonds. The molecule has 1 fully saturated rings. The molecule has 1 aromatic heterocycles. The van der Waals surface area contributed by atoms with Crippen molar-refractivity contribution in [1.29, 1.82) is 0 Å². The standard InChI is InChI=1S/C14H25N5/c1-10(2)13-17-12(15)11(3)14(18-13)16-6-9-19-7-4-5-8-19/h10H,4-9H2,1-3H3,(H3,15,16,17,18). The fraction of sp³-hybridized carbons (Fsp3) is 0.714. The lowest BCUT2D eigenvalue weighted by atomic mass is 10.2. The molecule has 0 atom stereocenters. The summed E-state index contributed by atoms with van der Waals surface area (Å²) in [6, 6.07) is 0. The molecule has 5 nitrogen and oxygen atoms in total. The zero-order valence-corrected chi connectivity index (χ0v) is 12.2. The lowest BCUT2D eigenvalue weighted by Crippen LogP contribution is -2.26. The minimum absolute atomic E-state index is 0.294. The van der Waals surface area contributed by atoms with Crippen LogP contribution in [-0.4, -0.2) is 41.0 Å². The highest BCUT2D eigenvalue weighted by atomic mass is 15.2. The number of nitrogen functional groups attached to an aromatic ring is 1. The van der Waals surface area contributed by atoms with Gasteiger partial charge >= 0.3 is 0 Å². The van der Waals surface area contributed by atoms with Gasteiger partial charge < -0.3 is 16.0 Å². The van der Waals surface area contributed by atoms with E-state index < -0.39 is 0 Å². The molecule has 106 valence electrons. The van der Waals surface area contributed by atoms with Gasteiger partial charge in [0.25, 0.3) is 0 Å². The highest BCUT2D eigenvalue weighted by molar-refractivity contribution is 5.54. The number of nitrogens with zero attached hydrogens (tertiary/aromatic N) is 3. The third-order valence-corrected chi connectivity index (χ3v) is 3.64. The fourth-order valence-corrected chi connectivity index (χ4v) is 2.32. The lowest BCUT2D eigenvalue weighted by molar-refractivity contribution is 0.352. The van der Waals surface area contributed by atoms with Crippen LogP contribution in [0.4, 0.5) is 11.6 Å². The van der Waals surface area contributed by atoms with E-state index in [4.69, 9.17) is 5.73 Å². The lowest BCUT2D eigenvalue weighted by Gasteiger charge is -2.17. The number of aromatic nitrogens is 2. The van der Waals surface area contributed by atoms with Gasteiger partial charge in [-0.25, -0.2) is 9.97 Å². The van der Waals surface area contributed by atoms with Gasteiger partial charge in [0.05, 0.1) is 0 Å². The summed E-state index contributed by atoms with van der Waals surface area (Å²) in [5.74, 6) is 2.58. The van der Waals surface area contributed by atoms with E-state index in [1.807, 2.05) is 6.92 Å². The molecule has 0 bridgehead atoms. The maximum absolute atomic E-state index is 5.95. The topological polar surface area (TPSA) is 67.1 Å². The van der Waals surface area contributed by atoms with E-state index in [-0.39, 0.29) is 0 Å². The van der Waals surface area contributed by atoms with Crippen molar-refractivity contribution in [2.24, 2.45) is 0 Å². The molecule has 0 spiro atoms. The van der Waals surface area contributed by atoms with Gasteiger partial charge in [0.2, 0.25) is 0 Å². The summed E-state index contributed by atoms with van der Waals surface area (Å²) in [4.78, 5) is 11.4. The van der Waals surface area contributed by atoms with Crippen LogP contribution >= 0.6 is 0 Å². The zero-order valence-electron chi connectivity index (χ0n) is 12.2. The van der Waals surface area contributed by atoms with E-state index >= 15 is 0 Å². The van der Waals surface area contributed by atoms with Crippen LogP contribution in [0.5, 0.6) is 0 Å². The number of hydrogen-bond acceptors (Lipinski definition) is 5. The molecule has 0 aliphatic carbocycles. The predicted octanol–water partition coefficient (Wildman–Crippen LogP) is 2.00. The van der Waals surface area contributed by atoms with Crippen LogP contribution in [0.25, 0.3) is 0 Å². The minimum atomic E-state index is 0.294. The van der Waals surface area contributed by atoms with Crippen LogP contribution in [0.3, 0.4) is 0 Å². The van der Waals surface area contributed by atoms with Crippen LogP contribution in [0, 0.1) is 6.92 Å². The summed E-state index contributed by atoms with van der Waals surface area (Å²) in [6.07, 6.45) is 2.66. The van der Waals surface area contributed by atoms with E-state index in [9.17, 15) is 0 Å². The van der Waals surface area contributed by atoms with Gasteiger partial charge in [-0.1, -0.05) is 13.8 Å². The quantitative estimate of drug-likeness (QED) is 0.850. The maximum Gasteiger partial charge on any atom is 0.135 e. The second-order valence-corrected chi connectivity index (χ2v) is 5.57. The Bertz CT molecular complexity index is 424. The van der Waals surface area contributed by atoms with Crippen molar-refractivity contribution in [3.8, 4) is 0 Å². The van der Waals surface area contributed by atoms with Crippen molar-refractivity contribution in [3.05, 3.63) is 11.4 Å². The smallest absolute Gasteiger partial charge is 0.135 e. The monoisotopic (exact) mass is 263 g/mol. The van der Waals surface area contributed by atoms with E-state index in [1.165, 1.54) is 25.9 Å². The Hall–Kier alpha value is -1.36. The van der Waals surface area contributed by atoms with Gasteiger partial charge in [-0.05, 0) is 32.9 Å². The molecule has 0 aromatic carbocycles. The summed E-state index contributed by atoms with van der Waals surface area (Å²) >= 11 is 0. The zero-order chi connectivity index (χ0) is 13.8.